The number of carbonyl (C=O) groups is 3. The van der Waals surface area contributed by atoms with Gasteiger partial charge in [-0.2, -0.15) is 0 Å². The third-order valence-electron chi connectivity index (χ3n) is 12.6. The first kappa shape index (κ1) is 41.8. The van der Waals surface area contributed by atoms with Crippen molar-refractivity contribution in [2.24, 2.45) is 0 Å². The van der Waals surface area contributed by atoms with Crippen molar-refractivity contribution < 1.29 is 43.2 Å². The third-order valence-corrected chi connectivity index (χ3v) is 12.6. The summed E-state index contributed by atoms with van der Waals surface area (Å²) in [6.45, 7) is 7.44. The van der Waals surface area contributed by atoms with E-state index in [-0.39, 0.29) is 48.5 Å². The molecular weight excluding hydrogens is 767 g/mol. The molecule has 1 spiro atoms. The molecule has 8 rings (SSSR count). The first-order valence-electron chi connectivity index (χ1n) is 21.8. The predicted octanol–water partition coefficient (Wildman–Crippen LogP) is 4.90. The Kier molecular flexibility index (Phi) is 13.7. The van der Waals surface area contributed by atoms with E-state index in [1.807, 2.05) is 17.0 Å². The van der Waals surface area contributed by atoms with Gasteiger partial charge in [0.1, 0.15) is 11.4 Å². The van der Waals surface area contributed by atoms with Gasteiger partial charge in [-0.05, 0) is 86.0 Å². The van der Waals surface area contributed by atoms with Gasteiger partial charge in [0, 0.05) is 50.9 Å². The number of piperidine rings is 1. The second-order valence-corrected chi connectivity index (χ2v) is 16.7. The molecule has 1 saturated carbocycles. The minimum Gasteiger partial charge on any atom is -0.506 e. The van der Waals surface area contributed by atoms with Crippen molar-refractivity contribution in [2.45, 2.75) is 82.4 Å². The molecule has 5 aliphatic rings. The lowest BCUT2D eigenvalue weighted by molar-refractivity contribution is -0.135. The van der Waals surface area contributed by atoms with Crippen LogP contribution in [0.2, 0.25) is 0 Å². The monoisotopic (exact) mass is 825 g/mol. The molecule has 3 amide bonds. The number of carbonyl (C=O) groups excluding carboxylic acids is 3. The SMILES string of the molecule is O=C1COc2c(CCNCCN(C(=O)CCOCCc3cccc(CN4CCC5(CC4)CN(C(=O)c4ccc6c(c4)OCO6)CCO5)c3)C3CCCCC3)ccc(O)c2N1. The topological polar surface area (TPSA) is 151 Å². The molecule has 14 heteroatoms. The summed E-state index contributed by atoms with van der Waals surface area (Å²) in [5.74, 6) is 1.68. The molecule has 3 aromatic rings. The van der Waals surface area contributed by atoms with Crippen molar-refractivity contribution in [1.29, 1.82) is 0 Å². The average Bonchev–Trinajstić information content (AvgIpc) is 3.75. The number of hydrogen-bond donors (Lipinski definition) is 3. The first-order chi connectivity index (χ1) is 29.3. The van der Waals surface area contributed by atoms with E-state index in [2.05, 4.69) is 44.7 Å². The summed E-state index contributed by atoms with van der Waals surface area (Å²) >= 11 is 0. The minimum absolute atomic E-state index is 0.00496. The van der Waals surface area contributed by atoms with Crippen LogP contribution in [-0.2, 0) is 38.4 Å². The summed E-state index contributed by atoms with van der Waals surface area (Å²) in [4.78, 5) is 45.2. The molecule has 2 saturated heterocycles. The number of likely N-dealkylation sites (tertiary alicyclic amines) is 1. The lowest BCUT2D eigenvalue weighted by Gasteiger charge is -2.47. The second kappa shape index (κ2) is 19.7. The number of amides is 3. The number of nitrogens with zero attached hydrogens (tertiary/aromatic N) is 3. The van der Waals surface area contributed by atoms with E-state index in [1.165, 1.54) is 17.5 Å². The largest absolute Gasteiger partial charge is 0.506 e. The first-order valence-corrected chi connectivity index (χ1v) is 21.8. The lowest BCUT2D eigenvalue weighted by Crippen LogP contribution is -2.57. The van der Waals surface area contributed by atoms with Crippen LogP contribution in [0.5, 0.6) is 23.0 Å². The van der Waals surface area contributed by atoms with Gasteiger partial charge in [-0.1, -0.05) is 49.6 Å². The van der Waals surface area contributed by atoms with Crippen LogP contribution in [0.3, 0.4) is 0 Å². The fourth-order valence-electron chi connectivity index (χ4n) is 9.25. The number of phenolic OH excluding ortho intramolecular Hbond substituents is 1. The maximum Gasteiger partial charge on any atom is 0.262 e. The average molecular weight is 826 g/mol. The minimum atomic E-state index is -0.319. The molecule has 322 valence electrons. The Morgan fingerprint density at radius 1 is 0.917 bits per heavy atom. The molecule has 3 aromatic carbocycles. The van der Waals surface area contributed by atoms with Gasteiger partial charge in [0.2, 0.25) is 12.7 Å². The zero-order valence-electron chi connectivity index (χ0n) is 34.6. The van der Waals surface area contributed by atoms with E-state index in [1.54, 1.807) is 18.2 Å². The fraction of sp³-hybridized carbons (Fsp3) is 0.543. The molecule has 4 aliphatic heterocycles. The van der Waals surface area contributed by atoms with Crippen molar-refractivity contribution >= 4 is 23.4 Å². The summed E-state index contributed by atoms with van der Waals surface area (Å²) in [6, 6.07) is 17.8. The summed E-state index contributed by atoms with van der Waals surface area (Å²) < 4.78 is 29.0. The maximum atomic E-state index is 13.6. The van der Waals surface area contributed by atoms with Crippen LogP contribution in [0, 0.1) is 0 Å². The summed E-state index contributed by atoms with van der Waals surface area (Å²) in [5.41, 5.74) is 4.02. The summed E-state index contributed by atoms with van der Waals surface area (Å²) in [6.07, 6.45) is 9.17. The van der Waals surface area contributed by atoms with E-state index >= 15 is 0 Å². The van der Waals surface area contributed by atoms with Crippen LogP contribution in [0.25, 0.3) is 0 Å². The molecule has 0 unspecified atom stereocenters. The highest BCUT2D eigenvalue weighted by molar-refractivity contribution is 5.97. The summed E-state index contributed by atoms with van der Waals surface area (Å²) in [5, 5.41) is 16.3. The van der Waals surface area contributed by atoms with Crippen LogP contribution >= 0.6 is 0 Å². The standard InChI is InChI=1S/C46H59N5O9/c52-38-11-9-35(44-43(38)48-41(53)30-57-44)13-18-47-19-22-51(37-7-2-1-3-8-37)42(54)15-25-56-24-14-33-5-4-6-34(27-33)29-49-20-16-46(17-21-49)31-50(23-26-60-46)45(55)36-10-12-39-40(28-36)59-32-58-39/h4-6,9-12,27-28,37,47,52H,1-3,7-8,13-26,29-32H2,(H,48,53). The van der Waals surface area contributed by atoms with Gasteiger partial charge >= 0.3 is 0 Å². The van der Waals surface area contributed by atoms with E-state index < -0.39 is 0 Å². The molecule has 1 aliphatic carbocycles. The lowest BCUT2D eigenvalue weighted by atomic mass is 9.88. The third kappa shape index (κ3) is 10.3. The number of rotatable bonds is 16. The number of benzene rings is 3. The highest BCUT2D eigenvalue weighted by Crippen LogP contribution is 2.39. The molecule has 4 heterocycles. The van der Waals surface area contributed by atoms with Crippen molar-refractivity contribution in [3.05, 3.63) is 76.9 Å². The molecule has 3 fully saturated rings. The Bertz CT molecular complexity index is 1980. The summed E-state index contributed by atoms with van der Waals surface area (Å²) in [7, 11) is 0. The van der Waals surface area contributed by atoms with Crippen LogP contribution in [-0.4, -0.2) is 128 Å². The van der Waals surface area contributed by atoms with Gasteiger partial charge in [0.05, 0.1) is 38.4 Å². The maximum absolute atomic E-state index is 13.6. The molecule has 3 N–H and O–H groups in total. The van der Waals surface area contributed by atoms with E-state index in [9.17, 15) is 19.5 Å². The van der Waals surface area contributed by atoms with Crippen molar-refractivity contribution in [3.8, 4) is 23.0 Å². The Hall–Kier alpha value is -4.89. The molecular formula is C46H59N5O9. The van der Waals surface area contributed by atoms with Gasteiger partial charge in [0.25, 0.3) is 11.8 Å². The Morgan fingerprint density at radius 3 is 2.62 bits per heavy atom. The number of anilines is 1. The van der Waals surface area contributed by atoms with Gasteiger partial charge in [-0.15, -0.1) is 0 Å². The Balaban J connectivity index is 0.743. The fourth-order valence-corrected chi connectivity index (χ4v) is 9.25. The molecule has 0 aromatic heterocycles. The molecule has 0 bridgehead atoms. The van der Waals surface area contributed by atoms with Gasteiger partial charge in [-0.25, -0.2) is 0 Å². The van der Waals surface area contributed by atoms with Crippen molar-refractivity contribution in [1.82, 2.24) is 20.0 Å². The van der Waals surface area contributed by atoms with Crippen molar-refractivity contribution in [3.63, 3.8) is 0 Å². The number of phenols is 1. The molecule has 0 atom stereocenters. The zero-order valence-corrected chi connectivity index (χ0v) is 34.6. The van der Waals surface area contributed by atoms with Crippen molar-refractivity contribution in [2.75, 3.05) is 84.4 Å². The Labute approximate surface area is 352 Å². The normalized spacial score (nSPS) is 18.8. The number of hydrogen-bond acceptors (Lipinski definition) is 11. The van der Waals surface area contributed by atoms with Crippen LogP contribution in [0.15, 0.2) is 54.6 Å². The number of ether oxygens (including phenoxy) is 5. The van der Waals surface area contributed by atoms with Crippen LogP contribution in [0.4, 0.5) is 5.69 Å². The second-order valence-electron chi connectivity index (χ2n) is 16.7. The zero-order chi connectivity index (χ0) is 41.3. The van der Waals surface area contributed by atoms with E-state index in [4.69, 9.17) is 23.7 Å². The number of nitrogens with one attached hydrogen (secondary N) is 2. The number of fused-ring (bicyclic) bond motifs is 2. The molecule has 0 radical (unpaired) electrons. The highest BCUT2D eigenvalue weighted by atomic mass is 16.7. The van der Waals surface area contributed by atoms with Gasteiger partial charge in [0.15, 0.2) is 23.9 Å². The van der Waals surface area contributed by atoms with E-state index in [0.717, 1.165) is 70.1 Å². The van der Waals surface area contributed by atoms with E-state index in [0.29, 0.717) is 93.9 Å². The van der Waals surface area contributed by atoms with Gasteiger partial charge in [-0.3, -0.25) is 19.3 Å². The van der Waals surface area contributed by atoms with Crippen LogP contribution in [0.1, 0.15) is 78.4 Å². The van der Waals surface area contributed by atoms with Gasteiger partial charge < -0.3 is 49.2 Å². The highest BCUT2D eigenvalue weighted by Gasteiger charge is 2.41. The predicted molar refractivity (Wildman–Crippen MR) is 225 cm³/mol. The molecule has 60 heavy (non-hydrogen) atoms. The Morgan fingerprint density at radius 2 is 1.75 bits per heavy atom. The number of aromatic hydroxyl groups is 1. The van der Waals surface area contributed by atoms with Crippen LogP contribution < -0.4 is 24.8 Å². The quantitative estimate of drug-likeness (QED) is 0.134. The molecule has 14 nitrogen and oxygen atoms in total. The number of morpholine rings is 1. The smallest absolute Gasteiger partial charge is 0.262 e.